The first-order valence-corrected chi connectivity index (χ1v) is 12.5. The minimum absolute atomic E-state index is 0.0988. The molecule has 34 heavy (non-hydrogen) atoms. The summed E-state index contributed by atoms with van der Waals surface area (Å²) < 4.78 is 0.833. The second-order valence-electron chi connectivity index (χ2n) is 8.08. The van der Waals surface area contributed by atoms with Gasteiger partial charge in [-0.2, -0.15) is 0 Å². The predicted molar refractivity (Wildman–Crippen MR) is 145 cm³/mol. The van der Waals surface area contributed by atoms with Crippen molar-refractivity contribution in [3.8, 4) is 0 Å². The summed E-state index contributed by atoms with van der Waals surface area (Å²) in [6.45, 7) is 6.51. The van der Waals surface area contributed by atoms with Crippen molar-refractivity contribution in [1.82, 2.24) is 5.32 Å². The van der Waals surface area contributed by atoms with Crippen LogP contribution in [0.3, 0.4) is 0 Å². The van der Waals surface area contributed by atoms with Crippen molar-refractivity contribution in [2.75, 3.05) is 17.2 Å². The normalized spacial score (nSPS) is 10.6. The third kappa shape index (κ3) is 6.61. The molecule has 0 saturated carbocycles. The Kier molecular flexibility index (Phi) is 9.13. The number of rotatable bonds is 9. The Morgan fingerprint density at radius 1 is 0.941 bits per heavy atom. The highest BCUT2D eigenvalue weighted by Crippen LogP contribution is 2.31. The van der Waals surface area contributed by atoms with E-state index in [2.05, 4.69) is 44.9 Å². The number of benzene rings is 3. The summed E-state index contributed by atoms with van der Waals surface area (Å²) in [4.78, 5) is 25.2. The van der Waals surface area contributed by atoms with Gasteiger partial charge in [0.25, 0.3) is 0 Å². The zero-order chi connectivity index (χ0) is 24.7. The molecule has 178 valence electrons. The molecule has 3 rings (SSSR count). The number of hydrogen-bond donors (Lipinski definition) is 3. The van der Waals surface area contributed by atoms with Gasteiger partial charge in [-0.25, -0.2) is 4.79 Å². The van der Waals surface area contributed by atoms with Crippen LogP contribution in [-0.2, 0) is 6.42 Å². The first-order chi connectivity index (χ1) is 16.3. The van der Waals surface area contributed by atoms with Crippen molar-refractivity contribution in [3.05, 3.63) is 86.3 Å². The van der Waals surface area contributed by atoms with Crippen LogP contribution in [0.1, 0.15) is 53.7 Å². The fourth-order valence-electron chi connectivity index (χ4n) is 3.65. The largest absolute Gasteiger partial charge is 0.354 e. The Balaban J connectivity index is 1.81. The third-order valence-electron chi connectivity index (χ3n) is 5.41. The van der Waals surface area contributed by atoms with Gasteiger partial charge in [0.05, 0.1) is 16.4 Å². The Morgan fingerprint density at radius 2 is 1.71 bits per heavy atom. The smallest absolute Gasteiger partial charge is 0.319 e. The number of nitrogens with one attached hydrogen (secondary N) is 3. The van der Waals surface area contributed by atoms with E-state index >= 15 is 0 Å². The van der Waals surface area contributed by atoms with Crippen molar-refractivity contribution < 1.29 is 9.59 Å². The van der Waals surface area contributed by atoms with Crippen LogP contribution in [0, 0.1) is 6.92 Å². The molecule has 3 N–H and O–H groups in total. The molecule has 5 nitrogen and oxygen atoms in total. The summed E-state index contributed by atoms with van der Waals surface area (Å²) in [5.74, 6) is -0.0988. The van der Waals surface area contributed by atoms with Gasteiger partial charge in [0.2, 0.25) is 0 Å². The minimum atomic E-state index is -0.293. The minimum Gasteiger partial charge on any atom is -0.354 e. The van der Waals surface area contributed by atoms with Gasteiger partial charge in [-0.3, -0.25) is 4.79 Å². The second kappa shape index (κ2) is 12.0. The van der Waals surface area contributed by atoms with E-state index < -0.39 is 0 Å². The third-order valence-corrected chi connectivity index (χ3v) is 6.22. The van der Waals surface area contributed by atoms with E-state index in [4.69, 9.17) is 11.6 Å². The molecule has 0 heterocycles. The summed E-state index contributed by atoms with van der Waals surface area (Å²) in [7, 11) is 0. The van der Waals surface area contributed by atoms with Crippen LogP contribution >= 0.6 is 27.5 Å². The topological polar surface area (TPSA) is 70.2 Å². The molecule has 0 atom stereocenters. The van der Waals surface area contributed by atoms with Crippen LogP contribution in [0.15, 0.2) is 59.1 Å². The lowest BCUT2D eigenvalue weighted by atomic mass is 9.95. The van der Waals surface area contributed by atoms with Gasteiger partial charge in [-0.15, -0.1) is 0 Å². The molecule has 0 spiro atoms. The van der Waals surface area contributed by atoms with Gasteiger partial charge in [-0.05, 0) is 74.2 Å². The summed E-state index contributed by atoms with van der Waals surface area (Å²) >= 11 is 9.97. The molecule has 0 saturated heterocycles. The van der Waals surface area contributed by atoms with E-state index in [1.807, 2.05) is 50.2 Å². The number of urea groups is 1. The number of anilines is 3. The lowest BCUT2D eigenvalue weighted by molar-refractivity contribution is 0.103. The van der Waals surface area contributed by atoms with E-state index in [-0.39, 0.29) is 11.8 Å². The molecule has 0 unspecified atom stereocenters. The fourth-order valence-corrected chi connectivity index (χ4v) is 4.28. The fraction of sp³-hybridized carbons (Fsp3) is 0.259. The number of carbonyl (C=O) groups excluding carboxylic acids is 2. The van der Waals surface area contributed by atoms with Crippen LogP contribution in [0.25, 0.3) is 0 Å². The molecule has 2 amide bonds. The zero-order valence-corrected chi connectivity index (χ0v) is 21.9. The van der Waals surface area contributed by atoms with Crippen LogP contribution in [0.5, 0.6) is 0 Å². The lowest BCUT2D eigenvalue weighted by Crippen LogP contribution is -2.28. The van der Waals surface area contributed by atoms with Crippen LogP contribution in [0.2, 0.25) is 5.02 Å². The average Bonchev–Trinajstić information content (AvgIpc) is 2.79. The van der Waals surface area contributed by atoms with Gasteiger partial charge in [0.1, 0.15) is 0 Å². The van der Waals surface area contributed by atoms with Gasteiger partial charge in [0, 0.05) is 27.8 Å². The maximum atomic E-state index is 13.2. The first-order valence-electron chi connectivity index (χ1n) is 11.4. The molecule has 0 aliphatic carbocycles. The van der Waals surface area contributed by atoms with Crippen molar-refractivity contribution in [2.24, 2.45) is 0 Å². The van der Waals surface area contributed by atoms with Crippen molar-refractivity contribution in [1.29, 1.82) is 0 Å². The Morgan fingerprint density at radius 3 is 2.38 bits per heavy atom. The Labute approximate surface area is 214 Å². The Hall–Kier alpha value is -2.83. The second-order valence-corrected chi connectivity index (χ2v) is 9.40. The van der Waals surface area contributed by atoms with Crippen LogP contribution in [-0.4, -0.2) is 18.4 Å². The number of hydrogen-bond acceptors (Lipinski definition) is 3. The average molecular weight is 543 g/mol. The summed E-state index contributed by atoms with van der Waals surface area (Å²) in [6, 6.07) is 16.5. The number of aryl methyl sites for hydroxylation is 2. The summed E-state index contributed by atoms with van der Waals surface area (Å²) in [5.41, 5.74) is 5.31. The number of halogens is 2. The molecule has 0 fully saturated rings. The lowest BCUT2D eigenvalue weighted by Gasteiger charge is -2.15. The van der Waals surface area contributed by atoms with Gasteiger partial charge in [-0.1, -0.05) is 59.1 Å². The molecular formula is C27H29BrClN3O2. The molecule has 0 aromatic heterocycles. The highest BCUT2D eigenvalue weighted by Gasteiger charge is 2.16. The molecule has 7 heteroatoms. The van der Waals surface area contributed by atoms with Crippen molar-refractivity contribution in [3.63, 3.8) is 0 Å². The zero-order valence-electron chi connectivity index (χ0n) is 19.6. The van der Waals surface area contributed by atoms with E-state index in [9.17, 15) is 9.59 Å². The molecule has 3 aromatic carbocycles. The highest BCUT2D eigenvalue weighted by atomic mass is 79.9. The van der Waals surface area contributed by atoms with E-state index in [1.165, 1.54) is 5.56 Å². The first kappa shape index (κ1) is 25.8. The van der Waals surface area contributed by atoms with E-state index in [0.717, 1.165) is 29.3 Å². The van der Waals surface area contributed by atoms with Gasteiger partial charge >= 0.3 is 6.03 Å². The Bertz CT molecular complexity index is 1200. The standard InChI is InChI=1S/C27H29BrClN3O2/c1-4-6-7-18-8-11-21(17(3)14-18)26(33)22-12-10-20(16-23(22)29)31-24-13-9-19(28)15-25(24)32-27(34)30-5-2/h8-16,31H,4-7H2,1-3H3,(H2,30,32,34). The van der Waals surface area contributed by atoms with Crippen LogP contribution in [0.4, 0.5) is 21.9 Å². The molecule has 0 aliphatic rings. The summed E-state index contributed by atoms with van der Waals surface area (Å²) in [5, 5.41) is 9.18. The molecule has 0 bridgehead atoms. The SMILES string of the molecule is CCCCc1ccc(C(=O)c2ccc(Nc3ccc(Br)cc3NC(=O)NCC)cc2Cl)c(C)c1. The number of carbonyl (C=O) groups is 2. The number of amides is 2. The maximum absolute atomic E-state index is 13.2. The monoisotopic (exact) mass is 541 g/mol. The van der Waals surface area contributed by atoms with Crippen LogP contribution < -0.4 is 16.0 Å². The number of unbranched alkanes of at least 4 members (excludes halogenated alkanes) is 1. The molecular weight excluding hydrogens is 514 g/mol. The predicted octanol–water partition coefficient (Wildman–Crippen LogP) is 7.87. The van der Waals surface area contributed by atoms with Gasteiger partial charge < -0.3 is 16.0 Å². The highest BCUT2D eigenvalue weighted by molar-refractivity contribution is 9.10. The molecule has 3 aromatic rings. The van der Waals surface area contributed by atoms with E-state index in [1.54, 1.807) is 12.1 Å². The van der Waals surface area contributed by atoms with E-state index in [0.29, 0.717) is 39.8 Å². The van der Waals surface area contributed by atoms with Crippen molar-refractivity contribution in [2.45, 2.75) is 40.0 Å². The molecule has 0 aliphatic heterocycles. The number of ketones is 1. The van der Waals surface area contributed by atoms with Crippen molar-refractivity contribution >= 4 is 56.4 Å². The molecule has 0 radical (unpaired) electrons. The quantitative estimate of drug-likeness (QED) is 0.241. The summed E-state index contributed by atoms with van der Waals surface area (Å²) in [6.07, 6.45) is 3.28. The van der Waals surface area contributed by atoms with Gasteiger partial charge in [0.15, 0.2) is 5.78 Å². The maximum Gasteiger partial charge on any atom is 0.319 e.